The van der Waals surface area contributed by atoms with E-state index >= 15 is 0 Å². The van der Waals surface area contributed by atoms with Gasteiger partial charge in [0.1, 0.15) is 6.10 Å². The van der Waals surface area contributed by atoms with Gasteiger partial charge in [-0.3, -0.25) is 9.59 Å². The maximum absolute atomic E-state index is 13.2. The number of aliphatic hydroxyl groups excluding tert-OH is 2. The highest BCUT2D eigenvalue weighted by atomic mass is 16.5. The Morgan fingerprint density at radius 2 is 0.823 bits per heavy atom. The van der Waals surface area contributed by atoms with Gasteiger partial charge in [0, 0.05) is 6.42 Å². The van der Waals surface area contributed by atoms with Gasteiger partial charge in [0.25, 0.3) is 0 Å². The quantitative estimate of drug-likeness (QED) is 0.0321. The van der Waals surface area contributed by atoms with Gasteiger partial charge in [-0.15, -0.1) is 0 Å². The summed E-state index contributed by atoms with van der Waals surface area (Å²) in [5.41, 5.74) is 0. The summed E-state index contributed by atoms with van der Waals surface area (Å²) in [6.07, 6.45) is 58.1. The third kappa shape index (κ3) is 44.9. The second-order valence-electron chi connectivity index (χ2n) is 19.0. The maximum atomic E-state index is 13.2. The van der Waals surface area contributed by atoms with Gasteiger partial charge in [0.15, 0.2) is 0 Å². The fraction of sp³-hybridized carbons (Fsp3) is 0.893. The first kappa shape index (κ1) is 60.3. The van der Waals surface area contributed by atoms with E-state index < -0.39 is 18.2 Å². The third-order valence-corrected chi connectivity index (χ3v) is 12.8. The smallest absolute Gasteiger partial charge is 0.306 e. The molecule has 0 spiro atoms. The Morgan fingerprint density at radius 3 is 1.26 bits per heavy atom. The van der Waals surface area contributed by atoms with Crippen molar-refractivity contribution in [2.24, 2.45) is 0 Å². The predicted octanol–water partition coefficient (Wildman–Crippen LogP) is 16.7. The van der Waals surface area contributed by atoms with Crippen LogP contribution in [0.3, 0.4) is 0 Å². The van der Waals surface area contributed by atoms with E-state index in [0.29, 0.717) is 19.3 Å². The van der Waals surface area contributed by atoms with Crippen LogP contribution in [0.1, 0.15) is 297 Å². The summed E-state index contributed by atoms with van der Waals surface area (Å²) < 4.78 is 5.95. The predicted molar refractivity (Wildman–Crippen MR) is 269 cm³/mol. The lowest BCUT2D eigenvalue weighted by Crippen LogP contribution is -2.46. The Labute approximate surface area is 386 Å². The Kier molecular flexibility index (Phi) is 49.0. The van der Waals surface area contributed by atoms with Crippen molar-refractivity contribution < 1.29 is 24.5 Å². The van der Waals surface area contributed by atoms with Crippen LogP contribution in [0.5, 0.6) is 0 Å². The number of ether oxygens (including phenoxy) is 1. The average Bonchev–Trinajstić information content (AvgIpc) is 3.26. The average molecular weight is 874 g/mol. The number of carbonyl (C=O) groups excluding carboxylic acids is 2. The van der Waals surface area contributed by atoms with Crippen LogP contribution in [0.15, 0.2) is 24.3 Å². The summed E-state index contributed by atoms with van der Waals surface area (Å²) in [4.78, 5) is 26.2. The number of amides is 1. The minimum atomic E-state index is -0.783. The SMILES string of the molecule is CCCCC/C=C\C/C=C\CCCCCCCCCCCC(=O)OC(CCCCCCCCCCCCCCC)CC(=O)NC(CO)C(O)CCCCCCCCCCCCC. The van der Waals surface area contributed by atoms with E-state index in [9.17, 15) is 19.8 Å². The Morgan fingerprint density at radius 1 is 0.468 bits per heavy atom. The van der Waals surface area contributed by atoms with E-state index in [1.807, 2.05) is 0 Å². The highest BCUT2D eigenvalue weighted by molar-refractivity contribution is 5.77. The van der Waals surface area contributed by atoms with E-state index in [-0.39, 0.29) is 24.9 Å². The van der Waals surface area contributed by atoms with Crippen LogP contribution in [0.2, 0.25) is 0 Å². The van der Waals surface area contributed by atoms with Gasteiger partial charge in [-0.05, 0) is 57.8 Å². The summed E-state index contributed by atoms with van der Waals surface area (Å²) in [6.45, 7) is 6.48. The van der Waals surface area contributed by atoms with Crippen molar-refractivity contribution in [1.82, 2.24) is 5.32 Å². The van der Waals surface area contributed by atoms with Crippen LogP contribution < -0.4 is 5.32 Å². The summed E-state index contributed by atoms with van der Waals surface area (Å²) in [5.74, 6) is -0.461. The first-order chi connectivity index (χ1) is 30.5. The molecule has 0 rings (SSSR count). The molecule has 0 aromatic heterocycles. The molecule has 0 aromatic rings. The molecule has 0 radical (unpaired) electrons. The summed E-state index contributed by atoms with van der Waals surface area (Å²) in [7, 11) is 0. The van der Waals surface area contributed by atoms with Gasteiger partial charge in [-0.2, -0.15) is 0 Å². The van der Waals surface area contributed by atoms with Crippen LogP contribution in [-0.4, -0.2) is 46.9 Å². The van der Waals surface area contributed by atoms with Crippen LogP contribution in [0.25, 0.3) is 0 Å². The van der Waals surface area contributed by atoms with E-state index in [4.69, 9.17) is 4.74 Å². The second-order valence-corrected chi connectivity index (χ2v) is 19.0. The Balaban J connectivity index is 4.49. The fourth-order valence-electron chi connectivity index (χ4n) is 8.58. The minimum absolute atomic E-state index is 0.0818. The molecule has 0 saturated carbocycles. The van der Waals surface area contributed by atoms with E-state index in [1.165, 1.54) is 199 Å². The lowest BCUT2D eigenvalue weighted by molar-refractivity contribution is -0.151. The van der Waals surface area contributed by atoms with E-state index in [1.54, 1.807) is 0 Å². The van der Waals surface area contributed by atoms with Gasteiger partial charge < -0.3 is 20.3 Å². The van der Waals surface area contributed by atoms with Gasteiger partial charge in [-0.25, -0.2) is 0 Å². The van der Waals surface area contributed by atoms with Crippen LogP contribution in [0, 0.1) is 0 Å². The number of rotatable bonds is 50. The molecule has 0 aliphatic rings. The van der Waals surface area contributed by atoms with Crippen LogP contribution >= 0.6 is 0 Å². The van der Waals surface area contributed by atoms with Crippen molar-refractivity contribution in [3.05, 3.63) is 24.3 Å². The zero-order chi connectivity index (χ0) is 45.2. The van der Waals surface area contributed by atoms with Crippen molar-refractivity contribution in [3.63, 3.8) is 0 Å². The van der Waals surface area contributed by atoms with Crippen LogP contribution in [0.4, 0.5) is 0 Å². The number of nitrogens with one attached hydrogen (secondary N) is 1. The Hall–Kier alpha value is -1.66. The third-order valence-electron chi connectivity index (χ3n) is 12.8. The number of esters is 1. The van der Waals surface area contributed by atoms with Crippen LogP contribution in [-0.2, 0) is 14.3 Å². The van der Waals surface area contributed by atoms with Crippen molar-refractivity contribution >= 4 is 11.9 Å². The molecular weight excluding hydrogens is 767 g/mol. The molecule has 6 heteroatoms. The molecule has 0 heterocycles. The zero-order valence-corrected chi connectivity index (χ0v) is 41.8. The molecule has 0 aromatic carbocycles. The van der Waals surface area contributed by atoms with E-state index in [2.05, 4.69) is 50.4 Å². The van der Waals surface area contributed by atoms with Gasteiger partial charge in [-0.1, -0.05) is 251 Å². The molecule has 3 N–H and O–H groups in total. The summed E-state index contributed by atoms with van der Waals surface area (Å²) >= 11 is 0. The molecule has 3 unspecified atom stereocenters. The fourth-order valence-corrected chi connectivity index (χ4v) is 8.58. The standard InChI is InChI=1S/C56H107NO5/c1-4-7-10-13-16-19-22-24-25-26-27-28-29-31-34-37-40-43-46-49-56(61)62-52(47-44-41-38-35-33-30-23-20-17-14-11-8-5-2)50-55(60)57-53(51-58)54(59)48-45-42-39-36-32-21-18-15-12-9-6-3/h16,19,24-25,52-54,58-59H,4-15,17-18,20-23,26-51H2,1-3H3,(H,57,60)/b19-16-,25-24-. The molecule has 6 nitrogen and oxygen atoms in total. The molecule has 0 fully saturated rings. The number of hydrogen-bond donors (Lipinski definition) is 3. The molecule has 0 bridgehead atoms. The monoisotopic (exact) mass is 874 g/mol. The maximum Gasteiger partial charge on any atom is 0.306 e. The number of unbranched alkanes of at least 4 members (excludes halogenated alkanes) is 34. The normalized spacial score (nSPS) is 13.3. The van der Waals surface area contributed by atoms with Gasteiger partial charge in [0.2, 0.25) is 5.91 Å². The molecule has 62 heavy (non-hydrogen) atoms. The first-order valence-electron chi connectivity index (χ1n) is 27.6. The number of aliphatic hydroxyl groups is 2. The molecular formula is C56H107NO5. The highest BCUT2D eigenvalue weighted by Gasteiger charge is 2.24. The highest BCUT2D eigenvalue weighted by Crippen LogP contribution is 2.19. The first-order valence-corrected chi connectivity index (χ1v) is 27.6. The lowest BCUT2D eigenvalue weighted by Gasteiger charge is -2.24. The molecule has 0 aliphatic heterocycles. The van der Waals surface area contributed by atoms with Gasteiger partial charge in [0.05, 0.1) is 25.2 Å². The van der Waals surface area contributed by atoms with Crippen molar-refractivity contribution in [2.75, 3.05) is 6.61 Å². The second kappa shape index (κ2) is 50.3. The lowest BCUT2D eigenvalue weighted by atomic mass is 10.0. The molecule has 3 atom stereocenters. The number of carbonyl (C=O) groups is 2. The van der Waals surface area contributed by atoms with Gasteiger partial charge >= 0.3 is 5.97 Å². The van der Waals surface area contributed by atoms with Crippen molar-refractivity contribution in [1.29, 1.82) is 0 Å². The topological polar surface area (TPSA) is 95.9 Å². The largest absolute Gasteiger partial charge is 0.462 e. The van der Waals surface area contributed by atoms with Crippen molar-refractivity contribution in [3.8, 4) is 0 Å². The number of hydrogen-bond acceptors (Lipinski definition) is 5. The molecule has 1 amide bonds. The minimum Gasteiger partial charge on any atom is -0.462 e. The molecule has 366 valence electrons. The van der Waals surface area contributed by atoms with Crippen molar-refractivity contribution in [2.45, 2.75) is 315 Å². The van der Waals surface area contributed by atoms with E-state index in [0.717, 1.165) is 51.4 Å². The molecule has 0 saturated heterocycles. The number of allylic oxidation sites excluding steroid dienone is 4. The zero-order valence-electron chi connectivity index (χ0n) is 41.8. The summed E-state index contributed by atoms with van der Waals surface area (Å²) in [6, 6.07) is -0.696. The summed E-state index contributed by atoms with van der Waals surface area (Å²) in [5, 5.41) is 23.8. The molecule has 0 aliphatic carbocycles. The Bertz CT molecular complexity index is 981.